The molecule has 11 atom stereocenters. The van der Waals surface area contributed by atoms with Gasteiger partial charge in [-0.05, 0) is 90.9 Å². The molecule has 6 N–H and O–H groups in total. The van der Waals surface area contributed by atoms with Gasteiger partial charge < -0.3 is 54.8 Å². The van der Waals surface area contributed by atoms with Crippen LogP contribution in [0.3, 0.4) is 0 Å². The van der Waals surface area contributed by atoms with Crippen molar-refractivity contribution in [2.45, 2.75) is 189 Å². The highest BCUT2D eigenvalue weighted by atomic mass is 16.7. The Morgan fingerprint density at radius 1 is 1.09 bits per heavy atom. The van der Waals surface area contributed by atoms with Gasteiger partial charge in [-0.2, -0.15) is 0 Å². The van der Waals surface area contributed by atoms with Crippen LogP contribution >= 0.6 is 0 Å². The Morgan fingerprint density at radius 3 is 2.07 bits per heavy atom. The number of cyclic esters (lactones) is 1. The number of rotatable bonds is 16. The molecule has 3 saturated heterocycles. The Morgan fingerprint density at radius 2 is 1.63 bits per heavy atom. The summed E-state index contributed by atoms with van der Waals surface area (Å²) in [6.45, 7) is 26.9. The summed E-state index contributed by atoms with van der Waals surface area (Å²) in [5.41, 5.74) is 3.76. The van der Waals surface area contributed by atoms with Crippen LogP contribution in [-0.2, 0) is 42.8 Å². The fourth-order valence-electron chi connectivity index (χ4n) is 6.55. The smallest absolute Gasteiger partial charge is 0.311 e. The van der Waals surface area contributed by atoms with Crippen molar-refractivity contribution in [3.8, 4) is 0 Å². The third-order valence-electron chi connectivity index (χ3n) is 10.3. The lowest BCUT2D eigenvalue weighted by Crippen LogP contribution is -2.55. The number of amides is 1. The van der Waals surface area contributed by atoms with Crippen molar-refractivity contribution in [3.05, 3.63) is 12.4 Å². The molecule has 0 radical (unpaired) electrons. The van der Waals surface area contributed by atoms with Gasteiger partial charge >= 0.3 is 11.9 Å². The maximum absolute atomic E-state index is 13.3. The van der Waals surface area contributed by atoms with Crippen LogP contribution in [-0.4, -0.2) is 109 Å². The summed E-state index contributed by atoms with van der Waals surface area (Å²) in [6.07, 6.45) is 4.32. The molecule has 14 heteroatoms. The molecule has 0 saturated carbocycles. The third kappa shape index (κ3) is 21.5. The average molecular weight is 821 g/mol. The number of methoxy groups -OCH3 is 1. The second-order valence-electron chi connectivity index (χ2n) is 16.3. The Labute approximate surface area is 345 Å². The lowest BCUT2D eigenvalue weighted by Gasteiger charge is -2.43. The van der Waals surface area contributed by atoms with E-state index >= 15 is 0 Å². The second-order valence-corrected chi connectivity index (χ2v) is 16.3. The molecule has 0 bridgehead atoms. The molecule has 3 aliphatic heterocycles. The fourth-order valence-corrected chi connectivity index (χ4v) is 6.55. The number of nitrogens with one attached hydrogen (secondary N) is 1. The van der Waals surface area contributed by atoms with Crippen molar-refractivity contribution in [2.75, 3.05) is 27.4 Å². The van der Waals surface area contributed by atoms with Crippen molar-refractivity contribution in [1.82, 2.24) is 5.32 Å². The van der Waals surface area contributed by atoms with Gasteiger partial charge in [0.15, 0.2) is 11.9 Å². The second kappa shape index (κ2) is 29.8. The molecule has 14 nitrogen and oxygen atoms in total. The van der Waals surface area contributed by atoms with E-state index in [1.807, 2.05) is 48.5 Å². The number of hydrogen-bond donors (Lipinski definition) is 5. The zero-order chi connectivity index (χ0) is 44.5. The van der Waals surface area contributed by atoms with Crippen molar-refractivity contribution < 1.29 is 58.1 Å². The molecule has 1 amide bonds. The molecule has 3 aliphatic rings. The average Bonchev–Trinajstić information content (AvgIpc) is 3.17. The van der Waals surface area contributed by atoms with E-state index < -0.39 is 53.8 Å². The molecule has 3 heterocycles. The van der Waals surface area contributed by atoms with Crippen molar-refractivity contribution in [2.24, 2.45) is 35.3 Å². The van der Waals surface area contributed by atoms with Gasteiger partial charge in [0.1, 0.15) is 6.10 Å². The van der Waals surface area contributed by atoms with Crippen molar-refractivity contribution in [1.29, 1.82) is 0 Å². The van der Waals surface area contributed by atoms with E-state index in [0.717, 1.165) is 25.9 Å². The van der Waals surface area contributed by atoms with E-state index in [1.54, 1.807) is 27.9 Å². The first kappa shape index (κ1) is 56.8. The largest absolute Gasteiger partial charge is 0.458 e. The van der Waals surface area contributed by atoms with Crippen LogP contribution in [0.1, 0.15) is 141 Å². The molecule has 3 rings (SSSR count). The standard InChI is InChI=1S/C28H50O9.C8H14N2O2.C4H10.C2H6.CH4O/c1-10-22(28(8)15-23(30)37-28)36-26(32)18(4)21(35-24-13-16(2)25(31)20(6)34-24)11-12-27(7,33-9)14-17(3)19(5)29;9-3-4-10-8(11)7-1-5-12-6-2-7;1-4(2)3;2*1-2/h16-22,24-25,29,31H,10-15H2,1-9H3;3-4,7H,1-2,5-6,9H2,(H,10,11);4H,1-3H3;1-2H3;2H,1H3/t16-,17+,18?,19?,20-,21-,22+,24-,25+,27-,28-;;;;/m0..../s1. The van der Waals surface area contributed by atoms with Gasteiger partial charge in [-0.15, -0.1) is 0 Å². The highest BCUT2D eigenvalue weighted by Gasteiger charge is 2.50. The third-order valence-corrected chi connectivity index (χ3v) is 10.3. The Balaban J connectivity index is 0. The highest BCUT2D eigenvalue weighted by molar-refractivity contribution is 5.79. The van der Waals surface area contributed by atoms with Crippen LogP contribution in [0.5, 0.6) is 0 Å². The minimum Gasteiger partial charge on any atom is -0.458 e. The van der Waals surface area contributed by atoms with Gasteiger partial charge in [0.25, 0.3) is 0 Å². The van der Waals surface area contributed by atoms with Gasteiger partial charge in [-0.1, -0.05) is 55.4 Å². The van der Waals surface area contributed by atoms with Gasteiger partial charge in [-0.3, -0.25) is 14.4 Å². The number of carbonyl (C=O) groups is 3. The number of esters is 2. The van der Waals surface area contributed by atoms with Crippen LogP contribution in [0, 0.1) is 29.6 Å². The number of ether oxygens (including phenoxy) is 6. The van der Waals surface area contributed by atoms with E-state index in [-0.39, 0.29) is 42.2 Å². The van der Waals surface area contributed by atoms with Crippen LogP contribution < -0.4 is 11.1 Å². The van der Waals surface area contributed by atoms with E-state index in [1.165, 1.54) is 12.4 Å². The molecular weight excluding hydrogens is 736 g/mol. The normalized spacial score (nSPS) is 26.9. The predicted molar refractivity (Wildman–Crippen MR) is 223 cm³/mol. The Kier molecular flexibility index (Phi) is 29.7. The Bertz CT molecular complexity index is 1090. The molecule has 3 fully saturated rings. The van der Waals surface area contributed by atoms with Crippen LogP contribution in [0.15, 0.2) is 12.4 Å². The van der Waals surface area contributed by atoms with Gasteiger partial charge in [0.05, 0.1) is 42.4 Å². The summed E-state index contributed by atoms with van der Waals surface area (Å²) in [5, 5.41) is 29.9. The maximum Gasteiger partial charge on any atom is 0.311 e. The number of nitrogens with two attached hydrogens (primary N) is 1. The number of hydrogen-bond acceptors (Lipinski definition) is 13. The van der Waals surface area contributed by atoms with E-state index in [0.29, 0.717) is 45.3 Å². The molecule has 0 aliphatic carbocycles. The van der Waals surface area contributed by atoms with Gasteiger partial charge in [-0.25, -0.2) is 0 Å². The molecule has 57 heavy (non-hydrogen) atoms. The minimum atomic E-state index is -0.809. The summed E-state index contributed by atoms with van der Waals surface area (Å²) < 4.78 is 34.5. The molecule has 0 aromatic carbocycles. The van der Waals surface area contributed by atoms with Crippen LogP contribution in [0.4, 0.5) is 0 Å². The van der Waals surface area contributed by atoms with Crippen molar-refractivity contribution >= 4 is 17.8 Å². The van der Waals surface area contributed by atoms with Crippen LogP contribution in [0.2, 0.25) is 0 Å². The first-order valence-electron chi connectivity index (χ1n) is 21.1. The lowest BCUT2D eigenvalue weighted by atomic mass is 9.84. The molecule has 2 unspecified atom stereocenters. The number of aliphatic hydroxyl groups excluding tert-OH is 3. The van der Waals surface area contributed by atoms with Crippen LogP contribution in [0.25, 0.3) is 0 Å². The maximum atomic E-state index is 13.3. The van der Waals surface area contributed by atoms with E-state index in [4.69, 9.17) is 39.3 Å². The highest BCUT2D eigenvalue weighted by Crippen LogP contribution is 2.36. The van der Waals surface area contributed by atoms with Gasteiger partial charge in [0, 0.05) is 52.2 Å². The first-order valence-corrected chi connectivity index (χ1v) is 21.1. The monoisotopic (exact) mass is 821 g/mol. The summed E-state index contributed by atoms with van der Waals surface area (Å²) in [5.74, 6) is -0.344. The topological polar surface area (TPSA) is 205 Å². The SMILES string of the molecule is CC.CC(C)C.CC[C@@H](OC(=O)C(C)[C@H](CC[C@@](C)(C[C@@H](C)C(C)O)OC)O[C@H]1C[C@H](C)[C@@H](O)[C@H](C)O1)[C@]1(C)CC(=O)O1.CO.NC=CNC(=O)C1CCOCC1. The Hall–Kier alpha value is -2.33. The molecule has 0 spiro atoms. The molecule has 0 aromatic rings. The quantitative estimate of drug-likeness (QED) is 0.113. The summed E-state index contributed by atoms with van der Waals surface area (Å²) in [7, 11) is 2.66. The number of carbonyl (C=O) groups excluding carboxylic acids is 3. The zero-order valence-corrected chi connectivity index (χ0v) is 38.2. The van der Waals surface area contributed by atoms with E-state index in [2.05, 4.69) is 26.1 Å². The molecule has 338 valence electrons. The summed E-state index contributed by atoms with van der Waals surface area (Å²) in [6, 6.07) is 0. The number of aliphatic hydroxyl groups is 3. The zero-order valence-electron chi connectivity index (χ0n) is 38.2. The fraction of sp³-hybridized carbons (Fsp3) is 0.884. The van der Waals surface area contributed by atoms with Crippen molar-refractivity contribution in [3.63, 3.8) is 0 Å². The van der Waals surface area contributed by atoms with E-state index in [9.17, 15) is 24.6 Å². The molecule has 0 aromatic heterocycles. The predicted octanol–water partition coefficient (Wildman–Crippen LogP) is 6.02. The first-order chi connectivity index (χ1) is 26.7. The minimum absolute atomic E-state index is 0.00878. The summed E-state index contributed by atoms with van der Waals surface area (Å²) in [4.78, 5) is 36.0. The van der Waals surface area contributed by atoms with Gasteiger partial charge in [0.2, 0.25) is 5.91 Å². The summed E-state index contributed by atoms with van der Waals surface area (Å²) >= 11 is 0. The lowest BCUT2D eigenvalue weighted by molar-refractivity contribution is -0.257. The molecular formula is C43H84N2O12.